The van der Waals surface area contributed by atoms with E-state index in [4.69, 9.17) is 10.8 Å². The Bertz CT molecular complexity index is 1640. The van der Waals surface area contributed by atoms with Gasteiger partial charge < -0.3 is 26.5 Å². The summed E-state index contributed by atoms with van der Waals surface area (Å²) in [4.78, 5) is 54.7. The van der Waals surface area contributed by atoms with E-state index in [-0.39, 0.29) is 41.8 Å². The number of nitrogens with zero attached hydrogens (tertiary/aromatic N) is 3. The van der Waals surface area contributed by atoms with Crippen LogP contribution in [0.4, 0.5) is 35.3 Å². The normalized spacial score (nSPS) is 11.1. The number of imidazole rings is 1. The second-order valence-corrected chi connectivity index (χ2v) is 8.98. The van der Waals surface area contributed by atoms with E-state index in [9.17, 15) is 32.3 Å². The van der Waals surface area contributed by atoms with E-state index in [2.05, 4.69) is 31.0 Å². The minimum atomic E-state index is -4.52. The van der Waals surface area contributed by atoms with Crippen LogP contribution in [-0.4, -0.2) is 48.7 Å². The summed E-state index contributed by atoms with van der Waals surface area (Å²) >= 11 is 0. The molecule has 0 saturated heterocycles. The molecule has 4 amide bonds. The lowest BCUT2D eigenvalue weighted by Gasteiger charge is -2.09. The van der Waals surface area contributed by atoms with Crippen LogP contribution in [0.2, 0.25) is 0 Å². The highest BCUT2D eigenvalue weighted by atomic mass is 19.4. The SMILES string of the molecule is Cc1cc(NC(=O)c2ccc(Cc3nc(NC(=O)Nc4ccc(C(F)(F)F)cc4)c(C(N)=O)[nH]3)cc2)nn1CC(=O)O. The van der Waals surface area contributed by atoms with Gasteiger partial charge in [0.25, 0.3) is 11.8 Å². The van der Waals surface area contributed by atoms with E-state index in [0.29, 0.717) is 16.8 Å². The van der Waals surface area contributed by atoms with Crippen molar-refractivity contribution in [1.29, 1.82) is 0 Å². The molecule has 0 bridgehead atoms. The number of hydrogen-bond donors (Lipinski definition) is 6. The number of nitrogens with two attached hydrogens (primary N) is 1. The number of amides is 4. The summed E-state index contributed by atoms with van der Waals surface area (Å²) in [5, 5.41) is 20.3. The monoisotopic (exact) mass is 584 g/mol. The highest BCUT2D eigenvalue weighted by molar-refractivity contribution is 6.05. The number of alkyl halides is 3. The maximum atomic E-state index is 12.7. The number of aromatic nitrogens is 4. The van der Waals surface area contributed by atoms with Crippen LogP contribution in [-0.2, 0) is 23.9 Å². The van der Waals surface area contributed by atoms with E-state index in [1.54, 1.807) is 31.2 Å². The molecule has 4 rings (SSSR count). The van der Waals surface area contributed by atoms with Gasteiger partial charge in [0.2, 0.25) is 0 Å². The van der Waals surface area contributed by atoms with Crippen molar-refractivity contribution in [2.24, 2.45) is 5.73 Å². The standard InChI is InChI=1S/C26H23F3N8O5/c1-13-10-19(36-37(13)12-20(38)39)34-24(41)15-4-2-14(3-5-15)11-18-32-21(22(30)40)23(33-18)35-25(42)31-17-8-6-16(7-9-17)26(27,28)29/h2-10H,11-12H2,1H3,(H2,30,40)(H,32,33)(H,38,39)(H2,31,35,42)(H,34,36,41). The fourth-order valence-electron chi connectivity index (χ4n) is 3.80. The number of anilines is 3. The Balaban J connectivity index is 1.39. The van der Waals surface area contributed by atoms with Gasteiger partial charge in [-0.1, -0.05) is 12.1 Å². The highest BCUT2D eigenvalue weighted by Crippen LogP contribution is 2.30. The number of carboxylic acids is 1. The van der Waals surface area contributed by atoms with Gasteiger partial charge >= 0.3 is 18.2 Å². The number of urea groups is 1. The highest BCUT2D eigenvalue weighted by Gasteiger charge is 2.30. The van der Waals surface area contributed by atoms with Crippen LogP contribution in [0.15, 0.2) is 54.6 Å². The number of primary amides is 1. The minimum Gasteiger partial charge on any atom is -0.480 e. The average Bonchev–Trinajstić information content (AvgIpc) is 3.45. The summed E-state index contributed by atoms with van der Waals surface area (Å²) in [5.74, 6) is -2.19. The largest absolute Gasteiger partial charge is 0.480 e. The third kappa shape index (κ3) is 7.29. The summed E-state index contributed by atoms with van der Waals surface area (Å²) in [7, 11) is 0. The van der Waals surface area contributed by atoms with Crippen molar-refractivity contribution >= 4 is 41.1 Å². The van der Waals surface area contributed by atoms with Crippen molar-refractivity contribution in [2.45, 2.75) is 26.1 Å². The van der Waals surface area contributed by atoms with Gasteiger partial charge in [-0.25, -0.2) is 9.78 Å². The Kier molecular flexibility index (Phi) is 8.26. The van der Waals surface area contributed by atoms with Crippen molar-refractivity contribution < 1.29 is 37.5 Å². The van der Waals surface area contributed by atoms with Crippen molar-refractivity contribution in [3.05, 3.63) is 88.5 Å². The molecule has 2 heterocycles. The smallest absolute Gasteiger partial charge is 0.416 e. The first-order valence-electron chi connectivity index (χ1n) is 12.1. The molecule has 0 radical (unpaired) electrons. The summed E-state index contributed by atoms with van der Waals surface area (Å²) in [5.41, 5.74) is 5.92. The molecule has 0 atom stereocenters. The molecule has 0 aliphatic rings. The fourth-order valence-corrected chi connectivity index (χ4v) is 3.80. The molecule has 2 aromatic carbocycles. The Hall–Kier alpha value is -5.67. The number of carboxylic acid groups (broad SMARTS) is 1. The first kappa shape index (κ1) is 29.3. The molecule has 0 spiro atoms. The first-order valence-corrected chi connectivity index (χ1v) is 12.1. The van der Waals surface area contributed by atoms with Crippen molar-refractivity contribution in [1.82, 2.24) is 19.7 Å². The van der Waals surface area contributed by atoms with Crippen LogP contribution < -0.4 is 21.7 Å². The van der Waals surface area contributed by atoms with Crippen LogP contribution in [0.5, 0.6) is 0 Å². The second-order valence-electron chi connectivity index (χ2n) is 8.98. The predicted molar refractivity (Wildman–Crippen MR) is 143 cm³/mol. The Morgan fingerprint density at radius 1 is 1.00 bits per heavy atom. The molecular weight excluding hydrogens is 561 g/mol. The number of aromatic amines is 1. The Labute approximate surface area is 234 Å². The number of H-pyrrole nitrogens is 1. The van der Waals surface area contributed by atoms with Crippen LogP contribution in [0, 0.1) is 6.92 Å². The summed E-state index contributed by atoms with van der Waals surface area (Å²) in [6.07, 6.45) is -4.37. The van der Waals surface area contributed by atoms with Crippen molar-refractivity contribution in [2.75, 3.05) is 16.0 Å². The number of benzene rings is 2. The quantitative estimate of drug-likeness (QED) is 0.173. The molecule has 7 N–H and O–H groups in total. The van der Waals surface area contributed by atoms with Crippen molar-refractivity contribution in [3.8, 4) is 0 Å². The average molecular weight is 585 g/mol. The number of aliphatic carboxylic acids is 1. The van der Waals surface area contributed by atoms with Gasteiger partial charge in [-0.05, 0) is 48.9 Å². The first-order chi connectivity index (χ1) is 19.8. The predicted octanol–water partition coefficient (Wildman–Crippen LogP) is 3.60. The molecule has 16 heteroatoms. The number of halogens is 3. The summed E-state index contributed by atoms with van der Waals surface area (Å²) in [6, 6.07) is 10.8. The number of nitrogens with one attached hydrogen (secondary N) is 4. The van der Waals surface area contributed by atoms with Crippen LogP contribution in [0.1, 0.15) is 43.5 Å². The molecule has 13 nitrogen and oxygen atoms in total. The van der Waals surface area contributed by atoms with Gasteiger partial charge in [0.15, 0.2) is 11.6 Å². The molecule has 218 valence electrons. The maximum absolute atomic E-state index is 12.7. The maximum Gasteiger partial charge on any atom is 0.416 e. The van der Waals surface area contributed by atoms with Gasteiger partial charge in [0, 0.05) is 29.4 Å². The lowest BCUT2D eigenvalue weighted by molar-refractivity contribution is -0.138. The molecule has 0 fully saturated rings. The van der Waals surface area contributed by atoms with E-state index in [0.717, 1.165) is 24.3 Å². The van der Waals surface area contributed by atoms with E-state index >= 15 is 0 Å². The van der Waals surface area contributed by atoms with Crippen molar-refractivity contribution in [3.63, 3.8) is 0 Å². The lowest BCUT2D eigenvalue weighted by Crippen LogP contribution is -2.22. The van der Waals surface area contributed by atoms with Gasteiger partial charge in [-0.15, -0.1) is 0 Å². The van der Waals surface area contributed by atoms with Crippen LogP contribution >= 0.6 is 0 Å². The molecule has 4 aromatic rings. The van der Waals surface area contributed by atoms with E-state index in [1.807, 2.05) is 0 Å². The lowest BCUT2D eigenvalue weighted by atomic mass is 10.1. The molecule has 42 heavy (non-hydrogen) atoms. The molecule has 0 unspecified atom stereocenters. The number of carbonyl (C=O) groups is 4. The second kappa shape index (κ2) is 11.8. The number of hydrogen-bond acceptors (Lipinski definition) is 6. The van der Waals surface area contributed by atoms with Crippen LogP contribution in [0.3, 0.4) is 0 Å². The zero-order chi connectivity index (χ0) is 30.6. The molecule has 0 aliphatic heterocycles. The Morgan fingerprint density at radius 3 is 2.26 bits per heavy atom. The Morgan fingerprint density at radius 2 is 1.67 bits per heavy atom. The summed E-state index contributed by atoms with van der Waals surface area (Å²) in [6.45, 7) is 1.31. The third-order valence-corrected chi connectivity index (χ3v) is 5.80. The van der Waals surface area contributed by atoms with Gasteiger partial charge in [-0.2, -0.15) is 18.3 Å². The van der Waals surface area contributed by atoms with E-state index < -0.39 is 35.6 Å². The molecule has 0 saturated carbocycles. The van der Waals surface area contributed by atoms with Gasteiger partial charge in [0.1, 0.15) is 18.1 Å². The van der Waals surface area contributed by atoms with Gasteiger partial charge in [-0.3, -0.25) is 24.4 Å². The molecule has 0 aliphatic carbocycles. The van der Waals surface area contributed by atoms with Crippen LogP contribution in [0.25, 0.3) is 0 Å². The molecule has 2 aromatic heterocycles. The van der Waals surface area contributed by atoms with E-state index in [1.165, 1.54) is 10.7 Å². The van der Waals surface area contributed by atoms with Gasteiger partial charge in [0.05, 0.1) is 5.56 Å². The number of aryl methyl sites for hydroxylation is 1. The number of rotatable bonds is 9. The zero-order valence-electron chi connectivity index (χ0n) is 21.7. The number of carbonyl (C=O) groups excluding carboxylic acids is 3. The third-order valence-electron chi connectivity index (χ3n) is 5.80. The topological polar surface area (TPSA) is 197 Å². The summed E-state index contributed by atoms with van der Waals surface area (Å²) < 4.78 is 39.5. The fraction of sp³-hybridized carbons (Fsp3) is 0.154. The molecular formula is C26H23F3N8O5. The minimum absolute atomic E-state index is 0.0738. The zero-order valence-corrected chi connectivity index (χ0v) is 21.7.